The van der Waals surface area contributed by atoms with Gasteiger partial charge in [0, 0.05) is 4.47 Å². The van der Waals surface area contributed by atoms with Crippen LogP contribution in [0.2, 0.25) is 5.02 Å². The molecule has 1 aromatic heterocycles. The largest absolute Gasteiger partial charge is 0.374 e. The van der Waals surface area contributed by atoms with Crippen molar-refractivity contribution >= 4 is 53.8 Å². The first-order valence-corrected chi connectivity index (χ1v) is 8.28. The van der Waals surface area contributed by atoms with Crippen LogP contribution in [0.3, 0.4) is 0 Å². The molecule has 9 heteroatoms. The molecule has 0 saturated heterocycles. The van der Waals surface area contributed by atoms with Crippen molar-refractivity contribution in [3.63, 3.8) is 0 Å². The number of nitrogen functional groups attached to an aromatic ring is 1. The maximum Gasteiger partial charge on any atom is 0.234 e. The summed E-state index contributed by atoms with van der Waals surface area (Å²) in [6.45, 7) is 0. The molecule has 0 aliphatic rings. The van der Waals surface area contributed by atoms with Crippen molar-refractivity contribution in [2.75, 3.05) is 5.73 Å². The van der Waals surface area contributed by atoms with Gasteiger partial charge >= 0.3 is 0 Å². The number of sulfone groups is 1. The highest BCUT2D eigenvalue weighted by Gasteiger charge is 2.20. The summed E-state index contributed by atoms with van der Waals surface area (Å²) in [7, 11) is -3.53. The predicted molar refractivity (Wildman–Crippen MR) is 74.4 cm³/mol. The zero-order chi connectivity index (χ0) is 13.3. The van der Waals surface area contributed by atoms with Gasteiger partial charge in [-0.15, -0.1) is 10.2 Å². The van der Waals surface area contributed by atoms with Gasteiger partial charge in [-0.2, -0.15) is 0 Å². The lowest BCUT2D eigenvalue weighted by Gasteiger charge is -2.02. The van der Waals surface area contributed by atoms with Crippen molar-refractivity contribution in [3.8, 4) is 0 Å². The lowest BCUT2D eigenvalue weighted by molar-refractivity contribution is 0.593. The molecule has 0 fully saturated rings. The first-order chi connectivity index (χ1) is 8.38. The van der Waals surface area contributed by atoms with Crippen molar-refractivity contribution < 1.29 is 8.42 Å². The predicted octanol–water partition coefficient (Wildman–Crippen LogP) is 2.51. The molecule has 0 aliphatic heterocycles. The third-order valence-electron chi connectivity index (χ3n) is 2.03. The summed E-state index contributed by atoms with van der Waals surface area (Å²) in [6, 6.07) is 4.97. The fourth-order valence-electron chi connectivity index (χ4n) is 1.26. The van der Waals surface area contributed by atoms with Crippen LogP contribution in [0.15, 0.2) is 27.0 Å². The Hall–Kier alpha value is -0.700. The molecule has 2 aromatic rings. The third-order valence-corrected chi connectivity index (χ3v) is 6.15. The Morgan fingerprint density at radius 1 is 1.39 bits per heavy atom. The van der Waals surface area contributed by atoms with Crippen LogP contribution in [0.5, 0.6) is 0 Å². The number of anilines is 1. The Bertz CT molecular complexity index is 687. The average Bonchev–Trinajstić information content (AvgIpc) is 2.71. The molecule has 0 unspecified atom stereocenters. The van der Waals surface area contributed by atoms with Gasteiger partial charge in [0.15, 0.2) is 0 Å². The number of halogens is 2. The zero-order valence-electron chi connectivity index (χ0n) is 8.80. The summed E-state index contributed by atoms with van der Waals surface area (Å²) in [6.07, 6.45) is 0. The molecule has 5 nitrogen and oxygen atoms in total. The molecule has 0 spiro atoms. The number of hydrogen-bond donors (Lipinski definition) is 1. The molecule has 96 valence electrons. The van der Waals surface area contributed by atoms with Crippen LogP contribution >= 0.6 is 38.9 Å². The summed E-state index contributed by atoms with van der Waals surface area (Å²) in [5, 5.41) is 7.61. The molecule has 2 N–H and O–H groups in total. The second kappa shape index (κ2) is 5.12. The molecule has 1 heterocycles. The zero-order valence-corrected chi connectivity index (χ0v) is 12.8. The minimum atomic E-state index is -3.53. The summed E-state index contributed by atoms with van der Waals surface area (Å²) < 4.78 is 24.6. The van der Waals surface area contributed by atoms with Crippen molar-refractivity contribution in [2.45, 2.75) is 10.1 Å². The molecule has 1 aromatic carbocycles. The van der Waals surface area contributed by atoms with Crippen LogP contribution in [-0.4, -0.2) is 18.6 Å². The number of nitrogens with zero attached hydrogens (tertiary/aromatic N) is 2. The fraction of sp³-hybridized carbons (Fsp3) is 0.111. The van der Waals surface area contributed by atoms with Gasteiger partial charge in [-0.25, -0.2) is 8.42 Å². The monoisotopic (exact) mass is 367 g/mol. The van der Waals surface area contributed by atoms with Gasteiger partial charge in [0.2, 0.25) is 19.3 Å². The summed E-state index contributed by atoms with van der Waals surface area (Å²) in [5.74, 6) is -0.186. The third kappa shape index (κ3) is 3.00. The Kier molecular flexibility index (Phi) is 3.90. The van der Waals surface area contributed by atoms with Crippen molar-refractivity contribution in [1.82, 2.24) is 10.2 Å². The Labute approximate surface area is 121 Å². The van der Waals surface area contributed by atoms with Crippen molar-refractivity contribution in [1.29, 1.82) is 0 Å². The fourth-order valence-corrected chi connectivity index (χ4v) is 3.90. The highest BCUT2D eigenvalue weighted by atomic mass is 79.9. The molecule has 18 heavy (non-hydrogen) atoms. The van der Waals surface area contributed by atoms with Crippen LogP contribution in [-0.2, 0) is 15.6 Å². The van der Waals surface area contributed by atoms with E-state index in [1.165, 1.54) is 0 Å². The molecule has 0 bridgehead atoms. The maximum atomic E-state index is 12.0. The lowest BCUT2D eigenvalue weighted by atomic mass is 10.2. The minimum Gasteiger partial charge on any atom is -0.374 e. The van der Waals surface area contributed by atoms with Crippen LogP contribution in [0.4, 0.5) is 5.13 Å². The Balaban J connectivity index is 2.30. The maximum absolute atomic E-state index is 12.0. The lowest BCUT2D eigenvalue weighted by Crippen LogP contribution is -2.04. The summed E-state index contributed by atoms with van der Waals surface area (Å²) in [4.78, 5) is 0. The highest BCUT2D eigenvalue weighted by Crippen LogP contribution is 2.26. The average molecular weight is 369 g/mol. The molecular formula is C9H7BrClN3O2S2. The smallest absolute Gasteiger partial charge is 0.234 e. The topological polar surface area (TPSA) is 85.9 Å². The van der Waals surface area contributed by atoms with Gasteiger partial charge in [0.1, 0.15) is 0 Å². The van der Waals surface area contributed by atoms with Gasteiger partial charge in [0.25, 0.3) is 0 Å². The SMILES string of the molecule is Nc1nnc(S(=O)(=O)Cc2ccc(Br)c(Cl)c2)s1. The number of nitrogens with two attached hydrogens (primary N) is 1. The van der Waals surface area contributed by atoms with E-state index in [9.17, 15) is 8.42 Å². The van der Waals surface area contributed by atoms with Crippen molar-refractivity contribution in [2.24, 2.45) is 0 Å². The van der Waals surface area contributed by atoms with Crippen LogP contribution in [0, 0.1) is 0 Å². The molecule has 0 aliphatic carbocycles. The van der Waals surface area contributed by atoms with E-state index in [2.05, 4.69) is 26.1 Å². The quantitative estimate of drug-likeness (QED) is 0.899. The molecule has 2 rings (SSSR count). The van der Waals surface area contributed by atoms with E-state index >= 15 is 0 Å². The first kappa shape index (κ1) is 13.7. The molecule has 0 amide bonds. The molecule has 0 radical (unpaired) electrons. The van der Waals surface area contributed by atoms with Crippen LogP contribution in [0.25, 0.3) is 0 Å². The van der Waals surface area contributed by atoms with E-state index in [0.29, 0.717) is 15.1 Å². The van der Waals surface area contributed by atoms with E-state index in [1.807, 2.05) is 0 Å². The minimum absolute atomic E-state index is 0.0842. The molecule has 0 atom stereocenters. The number of rotatable bonds is 3. The number of hydrogen-bond acceptors (Lipinski definition) is 6. The number of aromatic nitrogens is 2. The molecular weight excluding hydrogens is 362 g/mol. The number of benzene rings is 1. The molecule has 0 saturated carbocycles. The summed E-state index contributed by atoms with van der Waals surface area (Å²) >= 11 is 9.99. The van der Waals surface area contributed by atoms with E-state index < -0.39 is 9.84 Å². The van der Waals surface area contributed by atoms with E-state index in [4.69, 9.17) is 17.3 Å². The summed E-state index contributed by atoms with van der Waals surface area (Å²) in [5.41, 5.74) is 5.95. The van der Waals surface area contributed by atoms with Gasteiger partial charge in [-0.1, -0.05) is 29.0 Å². The second-order valence-electron chi connectivity index (χ2n) is 3.41. The Morgan fingerprint density at radius 3 is 2.67 bits per heavy atom. The van der Waals surface area contributed by atoms with Crippen molar-refractivity contribution in [3.05, 3.63) is 33.3 Å². The normalized spacial score (nSPS) is 11.7. The van der Waals surface area contributed by atoms with Gasteiger partial charge in [0.05, 0.1) is 10.8 Å². The van der Waals surface area contributed by atoms with Crippen LogP contribution < -0.4 is 5.73 Å². The van der Waals surface area contributed by atoms with E-state index in [-0.39, 0.29) is 15.2 Å². The van der Waals surface area contributed by atoms with Crippen LogP contribution in [0.1, 0.15) is 5.56 Å². The first-order valence-electron chi connectivity index (χ1n) is 4.64. The van der Waals surface area contributed by atoms with Gasteiger partial charge < -0.3 is 5.73 Å². The van der Waals surface area contributed by atoms with Gasteiger partial charge in [-0.05, 0) is 33.6 Å². The Morgan fingerprint density at radius 2 is 2.11 bits per heavy atom. The van der Waals surface area contributed by atoms with E-state index in [1.54, 1.807) is 18.2 Å². The second-order valence-corrected chi connectivity index (χ2v) is 7.85. The highest BCUT2D eigenvalue weighted by molar-refractivity contribution is 9.10. The van der Waals surface area contributed by atoms with Gasteiger partial charge in [-0.3, -0.25) is 0 Å². The standard InChI is InChI=1S/C9H7BrClN3O2S2/c10-6-2-1-5(3-7(6)11)4-18(15,16)9-14-13-8(12)17-9/h1-3H,4H2,(H2,12,13). The van der Waals surface area contributed by atoms with E-state index in [0.717, 1.165) is 11.3 Å².